The Bertz CT molecular complexity index is 807. The topological polar surface area (TPSA) is 68.0 Å². The fraction of sp³-hybridized carbons (Fsp3) is 0.133. The van der Waals surface area contributed by atoms with Gasteiger partial charge in [-0.05, 0) is 13.0 Å². The van der Waals surface area contributed by atoms with E-state index in [9.17, 15) is 9.90 Å². The van der Waals surface area contributed by atoms with Crippen molar-refractivity contribution in [1.29, 1.82) is 0 Å². The summed E-state index contributed by atoms with van der Waals surface area (Å²) >= 11 is 0. The van der Waals surface area contributed by atoms with Crippen LogP contribution < -0.4 is 0 Å². The number of hydrogen-bond acceptors (Lipinski definition) is 3. The highest BCUT2D eigenvalue weighted by Crippen LogP contribution is 2.24. The van der Waals surface area contributed by atoms with E-state index in [0.717, 1.165) is 11.4 Å². The van der Waals surface area contributed by atoms with E-state index in [1.54, 1.807) is 10.6 Å². The molecule has 0 aliphatic heterocycles. The first-order valence-corrected chi connectivity index (χ1v) is 6.20. The van der Waals surface area contributed by atoms with Crippen LogP contribution in [0.5, 0.6) is 0 Å². The summed E-state index contributed by atoms with van der Waals surface area (Å²) in [5, 5.41) is 9.38. The number of carbonyl (C=O) groups is 1. The minimum atomic E-state index is -0.993. The zero-order valence-corrected chi connectivity index (χ0v) is 11.2. The molecule has 0 fully saturated rings. The predicted molar refractivity (Wildman–Crippen MR) is 75.6 cm³/mol. The average molecular weight is 267 g/mol. The van der Waals surface area contributed by atoms with Gasteiger partial charge in [-0.25, -0.2) is 14.8 Å². The summed E-state index contributed by atoms with van der Waals surface area (Å²) in [5.41, 5.74) is 2.71. The fourth-order valence-corrected chi connectivity index (χ4v) is 2.18. The van der Waals surface area contributed by atoms with Crippen molar-refractivity contribution in [3.05, 3.63) is 47.8 Å². The van der Waals surface area contributed by atoms with Crippen LogP contribution in [0.15, 0.2) is 36.4 Å². The molecule has 0 atom stereocenters. The fourth-order valence-electron chi connectivity index (χ4n) is 2.18. The molecule has 0 radical (unpaired) electrons. The van der Waals surface area contributed by atoms with Crippen molar-refractivity contribution >= 4 is 17.1 Å². The number of imidazole rings is 1. The Morgan fingerprint density at radius 3 is 2.55 bits per heavy atom. The highest BCUT2D eigenvalue weighted by Gasteiger charge is 2.17. The molecule has 2 heterocycles. The highest BCUT2D eigenvalue weighted by atomic mass is 16.4. The summed E-state index contributed by atoms with van der Waals surface area (Å²) in [6, 6.07) is 11.1. The SMILES string of the molecule is Cc1nc2c(C(=O)O)cc(-c3ccccc3)nc2n1C. The second-order valence-corrected chi connectivity index (χ2v) is 4.62. The molecule has 0 saturated carbocycles. The van der Waals surface area contributed by atoms with Gasteiger partial charge in [0, 0.05) is 12.6 Å². The van der Waals surface area contributed by atoms with Crippen molar-refractivity contribution in [3.8, 4) is 11.3 Å². The molecule has 3 aromatic rings. The van der Waals surface area contributed by atoms with Crippen molar-refractivity contribution in [2.24, 2.45) is 7.05 Å². The normalized spacial score (nSPS) is 10.9. The van der Waals surface area contributed by atoms with Crippen LogP contribution >= 0.6 is 0 Å². The number of pyridine rings is 1. The van der Waals surface area contributed by atoms with Crippen LogP contribution in [0.2, 0.25) is 0 Å². The lowest BCUT2D eigenvalue weighted by Gasteiger charge is -2.04. The number of nitrogens with zero attached hydrogens (tertiary/aromatic N) is 3. The highest BCUT2D eigenvalue weighted by molar-refractivity contribution is 6.01. The maximum absolute atomic E-state index is 11.4. The maximum Gasteiger partial charge on any atom is 0.338 e. The first-order chi connectivity index (χ1) is 9.58. The van der Waals surface area contributed by atoms with Gasteiger partial charge in [0.2, 0.25) is 0 Å². The summed E-state index contributed by atoms with van der Waals surface area (Å²) < 4.78 is 1.80. The molecule has 0 spiro atoms. The molecule has 100 valence electrons. The van der Waals surface area contributed by atoms with Gasteiger partial charge in [0.25, 0.3) is 0 Å². The third kappa shape index (κ3) is 1.84. The van der Waals surface area contributed by atoms with E-state index in [4.69, 9.17) is 0 Å². The minimum absolute atomic E-state index is 0.178. The Labute approximate surface area is 115 Å². The lowest BCUT2D eigenvalue weighted by Crippen LogP contribution is -2.01. The molecular weight excluding hydrogens is 254 g/mol. The van der Waals surface area contributed by atoms with Crippen LogP contribution in [0.1, 0.15) is 16.2 Å². The van der Waals surface area contributed by atoms with Crippen LogP contribution in [0.3, 0.4) is 0 Å². The van der Waals surface area contributed by atoms with Crippen molar-refractivity contribution in [1.82, 2.24) is 14.5 Å². The van der Waals surface area contributed by atoms with Gasteiger partial charge in [0.1, 0.15) is 11.3 Å². The number of rotatable bonds is 2. The van der Waals surface area contributed by atoms with E-state index >= 15 is 0 Å². The summed E-state index contributed by atoms with van der Waals surface area (Å²) in [7, 11) is 1.83. The number of benzene rings is 1. The molecule has 0 aliphatic carbocycles. The van der Waals surface area contributed by atoms with E-state index < -0.39 is 5.97 Å². The van der Waals surface area contributed by atoms with Gasteiger partial charge in [-0.2, -0.15) is 0 Å². The van der Waals surface area contributed by atoms with E-state index in [-0.39, 0.29) is 5.56 Å². The molecule has 20 heavy (non-hydrogen) atoms. The van der Waals surface area contributed by atoms with Crippen molar-refractivity contribution in [3.63, 3.8) is 0 Å². The van der Waals surface area contributed by atoms with Gasteiger partial charge in [0.05, 0.1) is 11.3 Å². The molecule has 5 nitrogen and oxygen atoms in total. The molecule has 0 saturated heterocycles. The van der Waals surface area contributed by atoms with Crippen LogP contribution in [0.4, 0.5) is 0 Å². The standard InChI is InChI=1S/C15H13N3O2/c1-9-16-13-11(15(19)20)8-12(17-14(13)18(9)2)10-6-4-3-5-7-10/h3-8H,1-2H3,(H,19,20). The molecule has 5 heteroatoms. The smallest absolute Gasteiger partial charge is 0.338 e. The van der Waals surface area contributed by atoms with Gasteiger partial charge in [-0.15, -0.1) is 0 Å². The lowest BCUT2D eigenvalue weighted by atomic mass is 10.1. The number of aromatic nitrogens is 3. The van der Waals surface area contributed by atoms with E-state index in [0.29, 0.717) is 16.9 Å². The predicted octanol–water partition coefficient (Wildman–Crippen LogP) is 2.64. The molecular formula is C15H13N3O2. The second-order valence-electron chi connectivity index (χ2n) is 4.62. The molecule has 0 unspecified atom stereocenters. The number of carboxylic acid groups (broad SMARTS) is 1. The molecule has 1 N–H and O–H groups in total. The molecule has 2 aromatic heterocycles. The van der Waals surface area contributed by atoms with Gasteiger partial charge < -0.3 is 9.67 Å². The number of aromatic carboxylic acids is 1. The zero-order valence-electron chi connectivity index (χ0n) is 11.2. The number of hydrogen-bond donors (Lipinski definition) is 1. The molecule has 0 bridgehead atoms. The number of fused-ring (bicyclic) bond motifs is 1. The van der Waals surface area contributed by atoms with Crippen molar-refractivity contribution in [2.75, 3.05) is 0 Å². The Morgan fingerprint density at radius 2 is 1.90 bits per heavy atom. The maximum atomic E-state index is 11.4. The lowest BCUT2D eigenvalue weighted by molar-refractivity contribution is 0.0699. The Morgan fingerprint density at radius 1 is 1.20 bits per heavy atom. The summed E-state index contributed by atoms with van der Waals surface area (Å²) in [6.45, 7) is 1.83. The molecule has 0 amide bonds. The monoisotopic (exact) mass is 267 g/mol. The zero-order chi connectivity index (χ0) is 14.3. The van der Waals surface area contributed by atoms with Crippen LogP contribution in [0, 0.1) is 6.92 Å². The van der Waals surface area contributed by atoms with Crippen LogP contribution in [0.25, 0.3) is 22.4 Å². The average Bonchev–Trinajstić information content (AvgIpc) is 2.74. The minimum Gasteiger partial charge on any atom is -0.478 e. The summed E-state index contributed by atoms with van der Waals surface area (Å²) in [5.74, 6) is -0.257. The third-order valence-corrected chi connectivity index (χ3v) is 3.35. The van der Waals surface area contributed by atoms with Crippen molar-refractivity contribution in [2.45, 2.75) is 6.92 Å². The van der Waals surface area contributed by atoms with Crippen LogP contribution in [-0.2, 0) is 7.05 Å². The Hall–Kier alpha value is -2.69. The summed E-state index contributed by atoms with van der Waals surface area (Å²) in [4.78, 5) is 20.3. The van der Waals surface area contributed by atoms with Crippen molar-refractivity contribution < 1.29 is 9.90 Å². The Kier molecular flexibility index (Phi) is 2.75. The summed E-state index contributed by atoms with van der Waals surface area (Å²) in [6.07, 6.45) is 0. The molecule has 3 rings (SSSR count). The number of aryl methyl sites for hydroxylation is 2. The van der Waals surface area contributed by atoms with Gasteiger partial charge in [-0.1, -0.05) is 30.3 Å². The van der Waals surface area contributed by atoms with E-state index in [1.807, 2.05) is 44.3 Å². The molecule has 0 aliphatic rings. The quantitative estimate of drug-likeness (QED) is 0.775. The van der Waals surface area contributed by atoms with Gasteiger partial charge in [0.15, 0.2) is 5.65 Å². The van der Waals surface area contributed by atoms with Crippen LogP contribution in [-0.4, -0.2) is 25.6 Å². The largest absolute Gasteiger partial charge is 0.478 e. The molecule has 1 aromatic carbocycles. The van der Waals surface area contributed by atoms with Gasteiger partial charge in [-0.3, -0.25) is 0 Å². The van der Waals surface area contributed by atoms with Gasteiger partial charge >= 0.3 is 5.97 Å². The third-order valence-electron chi connectivity index (χ3n) is 3.35. The number of carboxylic acids is 1. The Balaban J connectivity index is 2.36. The second kappa shape index (κ2) is 4.45. The van der Waals surface area contributed by atoms with E-state index in [2.05, 4.69) is 9.97 Å². The van der Waals surface area contributed by atoms with E-state index in [1.165, 1.54) is 0 Å². The first-order valence-electron chi connectivity index (χ1n) is 6.20. The first kappa shape index (κ1) is 12.3.